The molecule has 0 aromatic heterocycles. The van der Waals surface area contributed by atoms with Crippen LogP contribution >= 0.6 is 0 Å². The molecular formula is C14H18O4. The van der Waals surface area contributed by atoms with Crippen LogP contribution in [0.15, 0.2) is 24.3 Å². The summed E-state index contributed by atoms with van der Waals surface area (Å²) in [6.45, 7) is 5.41. The van der Waals surface area contributed by atoms with E-state index in [1.54, 1.807) is 39.0 Å². The van der Waals surface area contributed by atoms with E-state index in [1.807, 2.05) is 0 Å². The molecule has 1 rings (SSSR count). The molecule has 0 fully saturated rings. The molecule has 0 aliphatic heterocycles. The van der Waals surface area contributed by atoms with Gasteiger partial charge in [-0.2, -0.15) is 0 Å². The van der Waals surface area contributed by atoms with Crippen molar-refractivity contribution in [3.05, 3.63) is 35.4 Å². The second kappa shape index (κ2) is 5.67. The van der Waals surface area contributed by atoms with Gasteiger partial charge in [-0.05, 0) is 38.8 Å². The van der Waals surface area contributed by atoms with E-state index in [2.05, 4.69) is 0 Å². The van der Waals surface area contributed by atoms with E-state index in [4.69, 9.17) is 9.84 Å². The summed E-state index contributed by atoms with van der Waals surface area (Å²) >= 11 is 0. The normalized spacial score (nSPS) is 11.1. The van der Waals surface area contributed by atoms with Crippen molar-refractivity contribution in [2.45, 2.75) is 39.2 Å². The fraction of sp³-hybridized carbons (Fsp3) is 0.429. The van der Waals surface area contributed by atoms with E-state index in [0.29, 0.717) is 12.0 Å². The summed E-state index contributed by atoms with van der Waals surface area (Å²) in [5.41, 5.74) is 0.376. The molecule has 0 spiro atoms. The fourth-order valence-electron chi connectivity index (χ4n) is 1.58. The molecule has 0 radical (unpaired) electrons. The first-order valence-electron chi connectivity index (χ1n) is 5.82. The summed E-state index contributed by atoms with van der Waals surface area (Å²) < 4.78 is 5.17. The number of carbonyl (C=O) groups is 2. The lowest BCUT2D eigenvalue weighted by Gasteiger charge is -2.19. The van der Waals surface area contributed by atoms with Gasteiger partial charge < -0.3 is 9.84 Å². The van der Waals surface area contributed by atoms with Gasteiger partial charge in [-0.3, -0.25) is 4.79 Å². The number of esters is 1. The summed E-state index contributed by atoms with van der Waals surface area (Å²) in [6, 6.07) is 6.68. The summed E-state index contributed by atoms with van der Waals surface area (Å²) in [6.07, 6.45) is 0.555. The summed E-state index contributed by atoms with van der Waals surface area (Å²) in [5.74, 6) is -1.29. The van der Waals surface area contributed by atoms with Crippen molar-refractivity contribution in [1.29, 1.82) is 0 Å². The third-order valence-electron chi connectivity index (χ3n) is 2.27. The number of aromatic carboxylic acids is 1. The number of carboxylic acids is 1. The quantitative estimate of drug-likeness (QED) is 0.834. The summed E-state index contributed by atoms with van der Waals surface area (Å²) in [5, 5.41) is 9.00. The predicted octanol–water partition coefficient (Wildman–Crippen LogP) is 2.66. The molecule has 4 nitrogen and oxygen atoms in total. The van der Waals surface area contributed by atoms with E-state index in [9.17, 15) is 9.59 Å². The maximum atomic E-state index is 11.5. The topological polar surface area (TPSA) is 63.6 Å². The Morgan fingerprint density at radius 3 is 2.39 bits per heavy atom. The van der Waals surface area contributed by atoms with Crippen LogP contribution in [0.5, 0.6) is 0 Å². The van der Waals surface area contributed by atoms with Crippen molar-refractivity contribution in [2.24, 2.45) is 0 Å². The molecule has 0 aliphatic rings. The first-order chi connectivity index (χ1) is 8.29. The maximum absolute atomic E-state index is 11.5. The van der Waals surface area contributed by atoms with Crippen molar-refractivity contribution >= 4 is 11.9 Å². The Balaban J connectivity index is 2.64. The highest BCUT2D eigenvalue weighted by Gasteiger charge is 2.17. The van der Waals surface area contributed by atoms with Gasteiger partial charge >= 0.3 is 11.9 Å². The highest BCUT2D eigenvalue weighted by Crippen LogP contribution is 2.13. The minimum Gasteiger partial charge on any atom is -0.478 e. The number of aryl methyl sites for hydroxylation is 1. The molecule has 0 saturated heterocycles. The number of hydrogen-bond donors (Lipinski definition) is 1. The minimum absolute atomic E-state index is 0.182. The van der Waals surface area contributed by atoms with Crippen molar-refractivity contribution < 1.29 is 19.4 Å². The summed E-state index contributed by atoms with van der Waals surface area (Å²) in [4.78, 5) is 22.5. The minimum atomic E-state index is -0.977. The molecule has 1 N–H and O–H groups in total. The number of hydrogen-bond acceptors (Lipinski definition) is 3. The molecule has 0 amide bonds. The lowest BCUT2D eigenvalue weighted by atomic mass is 10.0. The van der Waals surface area contributed by atoms with Gasteiger partial charge in [0.1, 0.15) is 5.60 Å². The van der Waals surface area contributed by atoms with E-state index >= 15 is 0 Å². The van der Waals surface area contributed by atoms with Gasteiger partial charge in [0.2, 0.25) is 0 Å². The van der Waals surface area contributed by atoms with Crippen LogP contribution in [0, 0.1) is 0 Å². The fourth-order valence-corrected chi connectivity index (χ4v) is 1.58. The molecular weight excluding hydrogens is 232 g/mol. The Hall–Kier alpha value is -1.84. The van der Waals surface area contributed by atoms with Crippen LogP contribution in [0.25, 0.3) is 0 Å². The first-order valence-corrected chi connectivity index (χ1v) is 5.82. The molecule has 0 aliphatic carbocycles. The Morgan fingerprint density at radius 2 is 1.83 bits per heavy atom. The lowest BCUT2D eigenvalue weighted by Crippen LogP contribution is -2.24. The molecule has 0 saturated carbocycles. The zero-order valence-electron chi connectivity index (χ0n) is 10.9. The first kappa shape index (κ1) is 14.2. The summed E-state index contributed by atoms with van der Waals surface area (Å²) in [7, 11) is 0. The van der Waals surface area contributed by atoms with Crippen molar-refractivity contribution in [1.82, 2.24) is 0 Å². The molecule has 18 heavy (non-hydrogen) atoms. The van der Waals surface area contributed by atoms with Gasteiger partial charge in [0.15, 0.2) is 0 Å². The standard InChI is InChI=1S/C14H18O4/c1-14(2,3)18-12(15)9-8-10-6-4-5-7-11(10)13(16)17/h4-7H,8-9H2,1-3H3,(H,16,17). The average molecular weight is 250 g/mol. The van der Waals surface area contributed by atoms with Crippen molar-refractivity contribution in [3.8, 4) is 0 Å². The largest absolute Gasteiger partial charge is 0.478 e. The van der Waals surface area contributed by atoms with Gasteiger partial charge in [0.05, 0.1) is 5.56 Å². The molecule has 98 valence electrons. The predicted molar refractivity (Wildman–Crippen MR) is 67.6 cm³/mol. The second-order valence-electron chi connectivity index (χ2n) is 5.05. The Bertz CT molecular complexity index is 443. The van der Waals surface area contributed by atoms with E-state index < -0.39 is 11.6 Å². The number of benzene rings is 1. The van der Waals surface area contributed by atoms with Crippen LogP contribution in [-0.4, -0.2) is 22.6 Å². The van der Waals surface area contributed by atoms with Gasteiger partial charge in [0.25, 0.3) is 0 Å². The zero-order chi connectivity index (χ0) is 13.8. The highest BCUT2D eigenvalue weighted by atomic mass is 16.6. The number of ether oxygens (including phenoxy) is 1. The van der Waals surface area contributed by atoms with Gasteiger partial charge in [-0.25, -0.2) is 4.79 Å². The lowest BCUT2D eigenvalue weighted by molar-refractivity contribution is -0.154. The molecule has 0 unspecified atom stereocenters. The van der Waals surface area contributed by atoms with Crippen molar-refractivity contribution in [2.75, 3.05) is 0 Å². The van der Waals surface area contributed by atoms with Crippen LogP contribution in [-0.2, 0) is 16.0 Å². The second-order valence-corrected chi connectivity index (χ2v) is 5.05. The van der Waals surface area contributed by atoms with E-state index in [0.717, 1.165) is 0 Å². The third-order valence-corrected chi connectivity index (χ3v) is 2.27. The molecule has 1 aromatic carbocycles. The van der Waals surface area contributed by atoms with Crippen molar-refractivity contribution in [3.63, 3.8) is 0 Å². The van der Waals surface area contributed by atoms with Gasteiger partial charge in [-0.1, -0.05) is 18.2 Å². The van der Waals surface area contributed by atoms with Gasteiger partial charge in [-0.15, -0.1) is 0 Å². The van der Waals surface area contributed by atoms with Crippen LogP contribution < -0.4 is 0 Å². The van der Waals surface area contributed by atoms with Crippen LogP contribution in [0.4, 0.5) is 0 Å². The average Bonchev–Trinajstić information content (AvgIpc) is 2.24. The Labute approximate surface area is 107 Å². The van der Waals surface area contributed by atoms with E-state index in [-0.39, 0.29) is 18.0 Å². The Kier molecular flexibility index (Phi) is 4.48. The van der Waals surface area contributed by atoms with Gasteiger partial charge in [0, 0.05) is 6.42 Å². The molecule has 0 heterocycles. The molecule has 4 heteroatoms. The smallest absolute Gasteiger partial charge is 0.335 e. The molecule has 0 bridgehead atoms. The Morgan fingerprint density at radius 1 is 1.22 bits per heavy atom. The van der Waals surface area contributed by atoms with Crippen LogP contribution in [0.3, 0.4) is 0 Å². The number of rotatable bonds is 4. The van der Waals surface area contributed by atoms with Crippen LogP contribution in [0.1, 0.15) is 43.1 Å². The third kappa shape index (κ3) is 4.57. The molecule has 1 aromatic rings. The number of carbonyl (C=O) groups excluding carboxylic acids is 1. The van der Waals surface area contributed by atoms with Crippen LogP contribution in [0.2, 0.25) is 0 Å². The highest BCUT2D eigenvalue weighted by molar-refractivity contribution is 5.89. The SMILES string of the molecule is CC(C)(C)OC(=O)CCc1ccccc1C(=O)O. The number of carboxylic acid groups (broad SMARTS) is 1. The molecule has 0 atom stereocenters. The zero-order valence-corrected chi connectivity index (χ0v) is 10.9. The maximum Gasteiger partial charge on any atom is 0.335 e. The monoisotopic (exact) mass is 250 g/mol. The van der Waals surface area contributed by atoms with E-state index in [1.165, 1.54) is 6.07 Å².